The Kier molecular flexibility index (Phi) is 4.75. The lowest BCUT2D eigenvalue weighted by Gasteiger charge is -2.12. The molecule has 0 aromatic heterocycles. The second kappa shape index (κ2) is 5.91. The molecule has 0 N–H and O–H groups in total. The Bertz CT molecular complexity index is 220. The molecular weight excluding hydrogens is 180 g/mol. The molecule has 0 aliphatic rings. The van der Waals surface area contributed by atoms with Crippen molar-refractivity contribution in [1.29, 1.82) is 0 Å². The van der Waals surface area contributed by atoms with Crippen LogP contribution in [0.2, 0.25) is 0 Å². The Balaban J connectivity index is 2.64. The number of rotatable bonds is 5. The largest absolute Gasteiger partial charge is 0.423 e. The summed E-state index contributed by atoms with van der Waals surface area (Å²) in [4.78, 5) is 0. The average Bonchev–Trinajstić information content (AvgIpc) is 2.19. The third-order valence-electron chi connectivity index (χ3n) is 1.56. The van der Waals surface area contributed by atoms with Gasteiger partial charge in [-0.3, -0.25) is 0 Å². The average molecular weight is 195 g/mol. The van der Waals surface area contributed by atoms with Crippen LogP contribution in [0.1, 0.15) is 13.8 Å². The second-order valence-electron chi connectivity index (χ2n) is 2.52. The van der Waals surface area contributed by atoms with Crippen molar-refractivity contribution in [3.8, 4) is 0 Å². The first-order chi connectivity index (χ1) is 6.38. The van der Waals surface area contributed by atoms with Gasteiger partial charge in [-0.15, -0.1) is 0 Å². The molecule has 0 amide bonds. The molecule has 0 aliphatic heterocycles. The molecule has 0 saturated carbocycles. The summed E-state index contributed by atoms with van der Waals surface area (Å²) in [6.07, 6.45) is 0. The summed E-state index contributed by atoms with van der Waals surface area (Å²) >= 11 is 0. The monoisotopic (exact) mass is 195 g/mol. The van der Waals surface area contributed by atoms with Crippen molar-refractivity contribution in [2.45, 2.75) is 13.8 Å². The normalized spacial score (nSPS) is 10.7. The van der Waals surface area contributed by atoms with Crippen molar-refractivity contribution in [2.75, 3.05) is 13.2 Å². The summed E-state index contributed by atoms with van der Waals surface area (Å²) in [5, 5.41) is 1.18. The third kappa shape index (κ3) is 3.30. The predicted octanol–water partition coefficient (Wildman–Crippen LogP) is 1.45. The van der Waals surface area contributed by atoms with Crippen LogP contribution in [0, 0.1) is 0 Å². The van der Waals surface area contributed by atoms with E-state index in [1.807, 2.05) is 32.0 Å². The highest BCUT2D eigenvalue weighted by Crippen LogP contribution is 1.92. The molecule has 0 fully saturated rings. The van der Waals surface area contributed by atoms with Crippen LogP contribution in [0.3, 0.4) is 0 Å². The van der Waals surface area contributed by atoms with Crippen LogP contribution in [0.15, 0.2) is 30.3 Å². The first-order valence-corrected chi connectivity index (χ1v) is 5.88. The van der Waals surface area contributed by atoms with E-state index in [-0.39, 0.29) is 0 Å². The van der Waals surface area contributed by atoms with Gasteiger partial charge in [0, 0.05) is 13.2 Å². The molecular formula is C10H15O2Si. The van der Waals surface area contributed by atoms with Gasteiger partial charge in [-0.05, 0) is 19.0 Å². The Hall–Kier alpha value is -0.643. The third-order valence-corrected chi connectivity index (χ3v) is 3.47. The van der Waals surface area contributed by atoms with E-state index >= 15 is 0 Å². The van der Waals surface area contributed by atoms with Crippen LogP contribution in [0.4, 0.5) is 0 Å². The molecule has 2 nitrogen and oxygen atoms in total. The van der Waals surface area contributed by atoms with Crippen molar-refractivity contribution in [3.05, 3.63) is 30.3 Å². The smallest absolute Gasteiger partial charge is 0.390 e. The van der Waals surface area contributed by atoms with Gasteiger partial charge in [0.25, 0.3) is 0 Å². The lowest BCUT2D eigenvalue weighted by molar-refractivity contribution is 0.225. The summed E-state index contributed by atoms with van der Waals surface area (Å²) < 4.78 is 11.1. The van der Waals surface area contributed by atoms with Crippen molar-refractivity contribution in [1.82, 2.24) is 0 Å². The van der Waals surface area contributed by atoms with Crippen molar-refractivity contribution in [3.63, 3.8) is 0 Å². The maximum Gasteiger partial charge on any atom is 0.423 e. The Morgan fingerprint density at radius 1 is 1.00 bits per heavy atom. The quantitative estimate of drug-likeness (QED) is 0.662. The van der Waals surface area contributed by atoms with E-state index in [4.69, 9.17) is 8.85 Å². The molecule has 13 heavy (non-hydrogen) atoms. The zero-order chi connectivity index (χ0) is 9.52. The molecule has 0 spiro atoms. The second-order valence-corrected chi connectivity index (χ2v) is 4.25. The fraction of sp³-hybridized carbons (Fsp3) is 0.400. The van der Waals surface area contributed by atoms with Crippen LogP contribution in [0.25, 0.3) is 0 Å². The predicted molar refractivity (Wildman–Crippen MR) is 55.1 cm³/mol. The van der Waals surface area contributed by atoms with Crippen molar-refractivity contribution in [2.24, 2.45) is 0 Å². The van der Waals surface area contributed by atoms with Crippen molar-refractivity contribution >= 4 is 14.5 Å². The molecule has 0 saturated heterocycles. The minimum Gasteiger partial charge on any atom is -0.390 e. The van der Waals surface area contributed by atoms with Gasteiger partial charge in [-0.1, -0.05) is 30.3 Å². The molecule has 1 rings (SSSR count). The van der Waals surface area contributed by atoms with Gasteiger partial charge in [0.2, 0.25) is 0 Å². The van der Waals surface area contributed by atoms with Gasteiger partial charge >= 0.3 is 9.28 Å². The topological polar surface area (TPSA) is 18.5 Å². The Labute approximate surface area is 81.3 Å². The van der Waals surface area contributed by atoms with Crippen LogP contribution in [-0.2, 0) is 8.85 Å². The van der Waals surface area contributed by atoms with Gasteiger partial charge in [0.1, 0.15) is 0 Å². The van der Waals surface area contributed by atoms with Crippen LogP contribution < -0.4 is 5.19 Å². The molecule has 0 atom stereocenters. The molecule has 1 aromatic carbocycles. The van der Waals surface area contributed by atoms with E-state index in [1.54, 1.807) is 0 Å². The first-order valence-electron chi connectivity index (χ1n) is 4.56. The van der Waals surface area contributed by atoms with E-state index in [9.17, 15) is 0 Å². The molecule has 1 radical (unpaired) electrons. The van der Waals surface area contributed by atoms with Crippen LogP contribution in [-0.4, -0.2) is 22.5 Å². The van der Waals surface area contributed by atoms with E-state index in [0.717, 1.165) is 0 Å². The minimum atomic E-state index is -1.22. The van der Waals surface area contributed by atoms with Gasteiger partial charge < -0.3 is 8.85 Å². The molecule has 0 aliphatic carbocycles. The zero-order valence-electron chi connectivity index (χ0n) is 8.12. The highest BCUT2D eigenvalue weighted by atomic mass is 28.3. The summed E-state index contributed by atoms with van der Waals surface area (Å²) in [6, 6.07) is 10.1. The minimum absolute atomic E-state index is 0.711. The maximum absolute atomic E-state index is 5.55. The highest BCUT2D eigenvalue weighted by molar-refractivity contribution is 6.61. The number of hydrogen-bond acceptors (Lipinski definition) is 2. The van der Waals surface area contributed by atoms with E-state index in [0.29, 0.717) is 13.2 Å². The summed E-state index contributed by atoms with van der Waals surface area (Å²) in [5.41, 5.74) is 0. The van der Waals surface area contributed by atoms with Crippen LogP contribution in [0.5, 0.6) is 0 Å². The fourth-order valence-corrected chi connectivity index (χ4v) is 2.45. The highest BCUT2D eigenvalue weighted by Gasteiger charge is 2.16. The maximum atomic E-state index is 5.55. The summed E-state index contributed by atoms with van der Waals surface area (Å²) in [7, 11) is -1.22. The first kappa shape index (κ1) is 10.4. The zero-order valence-corrected chi connectivity index (χ0v) is 9.12. The SMILES string of the molecule is CCO[Si](OCC)c1ccccc1. The molecule has 71 valence electrons. The Morgan fingerprint density at radius 2 is 1.54 bits per heavy atom. The van der Waals surface area contributed by atoms with Gasteiger partial charge in [0.05, 0.1) is 0 Å². The van der Waals surface area contributed by atoms with Crippen molar-refractivity contribution < 1.29 is 8.85 Å². The molecule has 0 bridgehead atoms. The molecule has 0 unspecified atom stereocenters. The van der Waals surface area contributed by atoms with Crippen LogP contribution >= 0.6 is 0 Å². The summed E-state index contributed by atoms with van der Waals surface area (Å²) in [5.74, 6) is 0. The number of hydrogen-bond donors (Lipinski definition) is 0. The van der Waals surface area contributed by atoms with Gasteiger partial charge in [-0.25, -0.2) is 0 Å². The fourth-order valence-electron chi connectivity index (χ4n) is 1.04. The van der Waals surface area contributed by atoms with E-state index in [1.165, 1.54) is 5.19 Å². The number of benzene rings is 1. The molecule has 0 heterocycles. The lowest BCUT2D eigenvalue weighted by atomic mass is 10.4. The molecule has 1 aromatic rings. The molecule has 3 heteroatoms. The lowest BCUT2D eigenvalue weighted by Crippen LogP contribution is -2.36. The Morgan fingerprint density at radius 3 is 2.00 bits per heavy atom. The van der Waals surface area contributed by atoms with E-state index in [2.05, 4.69) is 12.1 Å². The van der Waals surface area contributed by atoms with Gasteiger partial charge in [-0.2, -0.15) is 0 Å². The standard InChI is InChI=1S/C10H15O2Si/c1-3-11-13(12-4-2)10-8-6-5-7-9-10/h5-9H,3-4H2,1-2H3. The van der Waals surface area contributed by atoms with Gasteiger partial charge in [0.15, 0.2) is 0 Å². The summed E-state index contributed by atoms with van der Waals surface area (Å²) in [6.45, 7) is 5.41. The van der Waals surface area contributed by atoms with E-state index < -0.39 is 9.28 Å².